The van der Waals surface area contributed by atoms with Gasteiger partial charge in [-0.2, -0.15) is 0 Å². The molecular formula is C13H13BrFN3. The van der Waals surface area contributed by atoms with Gasteiger partial charge in [-0.25, -0.2) is 9.37 Å². The van der Waals surface area contributed by atoms with Gasteiger partial charge in [-0.05, 0) is 59.5 Å². The van der Waals surface area contributed by atoms with Gasteiger partial charge in [-0.15, -0.1) is 0 Å². The van der Waals surface area contributed by atoms with Gasteiger partial charge >= 0.3 is 0 Å². The number of fused-ring (bicyclic) bond motifs is 1. The van der Waals surface area contributed by atoms with Crippen molar-refractivity contribution >= 4 is 15.9 Å². The molecule has 1 aliphatic heterocycles. The third-order valence-corrected chi connectivity index (χ3v) is 3.94. The van der Waals surface area contributed by atoms with Crippen molar-refractivity contribution in [2.45, 2.75) is 25.4 Å². The zero-order chi connectivity index (χ0) is 12.7. The van der Waals surface area contributed by atoms with Gasteiger partial charge in [0.2, 0.25) is 0 Å². The Morgan fingerprint density at radius 1 is 1.33 bits per heavy atom. The van der Waals surface area contributed by atoms with Crippen LogP contribution >= 0.6 is 15.9 Å². The Labute approximate surface area is 113 Å². The van der Waals surface area contributed by atoms with Crippen LogP contribution in [0.1, 0.15) is 24.7 Å². The van der Waals surface area contributed by atoms with Gasteiger partial charge in [0.05, 0.1) is 11.9 Å². The maximum absolute atomic E-state index is 13.0. The van der Waals surface area contributed by atoms with Crippen LogP contribution in [0.25, 0.3) is 11.4 Å². The zero-order valence-electron chi connectivity index (χ0n) is 9.74. The lowest BCUT2D eigenvalue weighted by Gasteiger charge is -2.24. The van der Waals surface area contributed by atoms with Gasteiger partial charge in [0.15, 0.2) is 0 Å². The molecule has 0 saturated carbocycles. The molecule has 0 fully saturated rings. The summed E-state index contributed by atoms with van der Waals surface area (Å²) in [5, 5.41) is 0. The molecule has 1 aromatic carbocycles. The van der Waals surface area contributed by atoms with E-state index in [-0.39, 0.29) is 12.0 Å². The summed E-state index contributed by atoms with van der Waals surface area (Å²) in [5.74, 6) is 0.566. The Morgan fingerprint density at radius 3 is 2.78 bits per heavy atom. The van der Waals surface area contributed by atoms with Crippen LogP contribution in [0.15, 0.2) is 28.9 Å². The summed E-state index contributed by atoms with van der Waals surface area (Å²) in [6.07, 6.45) is 2.95. The van der Waals surface area contributed by atoms with Crippen LogP contribution in [0.3, 0.4) is 0 Å². The Kier molecular flexibility index (Phi) is 2.95. The molecule has 0 radical (unpaired) electrons. The van der Waals surface area contributed by atoms with Crippen molar-refractivity contribution in [3.8, 4) is 11.4 Å². The maximum atomic E-state index is 13.0. The van der Waals surface area contributed by atoms with E-state index in [1.54, 1.807) is 12.1 Å². The minimum absolute atomic E-state index is 0.0485. The van der Waals surface area contributed by atoms with Crippen molar-refractivity contribution in [1.82, 2.24) is 9.55 Å². The van der Waals surface area contributed by atoms with Gasteiger partial charge in [-0.3, -0.25) is 0 Å². The van der Waals surface area contributed by atoms with Crippen LogP contribution < -0.4 is 5.73 Å². The van der Waals surface area contributed by atoms with E-state index >= 15 is 0 Å². The second-order valence-corrected chi connectivity index (χ2v) is 5.26. The molecule has 3 nitrogen and oxygen atoms in total. The molecule has 0 saturated heterocycles. The molecule has 94 valence electrons. The van der Waals surface area contributed by atoms with Crippen LogP contribution in [0, 0.1) is 5.82 Å². The quantitative estimate of drug-likeness (QED) is 0.879. The number of benzene rings is 1. The first kappa shape index (κ1) is 11.9. The summed E-state index contributed by atoms with van der Waals surface area (Å²) < 4.78 is 15.9. The summed E-state index contributed by atoms with van der Waals surface area (Å²) in [6, 6.07) is 6.36. The Morgan fingerprint density at radius 2 is 2.06 bits per heavy atom. The second-order valence-electron chi connectivity index (χ2n) is 4.51. The predicted octanol–water partition coefficient (Wildman–Crippen LogP) is 3.25. The monoisotopic (exact) mass is 309 g/mol. The van der Waals surface area contributed by atoms with Gasteiger partial charge in [0.1, 0.15) is 16.2 Å². The third-order valence-electron chi connectivity index (χ3n) is 3.31. The van der Waals surface area contributed by atoms with Crippen molar-refractivity contribution in [3.63, 3.8) is 0 Å². The minimum atomic E-state index is -0.243. The lowest BCUT2D eigenvalue weighted by atomic mass is 10.1. The number of rotatable bonds is 1. The topological polar surface area (TPSA) is 43.8 Å². The van der Waals surface area contributed by atoms with E-state index in [0.717, 1.165) is 40.9 Å². The molecular weight excluding hydrogens is 297 g/mol. The number of hydrogen-bond donors (Lipinski definition) is 1. The van der Waals surface area contributed by atoms with Crippen LogP contribution in [-0.2, 0) is 6.42 Å². The summed E-state index contributed by atoms with van der Waals surface area (Å²) >= 11 is 3.48. The molecule has 18 heavy (non-hydrogen) atoms. The predicted molar refractivity (Wildman–Crippen MR) is 71.5 cm³/mol. The summed E-state index contributed by atoms with van der Waals surface area (Å²) in [6.45, 7) is 0. The Bertz CT molecular complexity index is 577. The molecule has 5 heteroatoms. The largest absolute Gasteiger partial charge is 0.311 e. The first-order chi connectivity index (χ1) is 8.66. The van der Waals surface area contributed by atoms with Crippen molar-refractivity contribution < 1.29 is 4.39 Å². The highest BCUT2D eigenvalue weighted by Gasteiger charge is 2.24. The normalized spacial score (nSPS) is 18.7. The molecule has 1 aromatic heterocycles. The first-order valence-electron chi connectivity index (χ1n) is 5.95. The highest BCUT2D eigenvalue weighted by Crippen LogP contribution is 2.33. The van der Waals surface area contributed by atoms with Crippen molar-refractivity contribution in [3.05, 3.63) is 40.4 Å². The lowest BCUT2D eigenvalue weighted by Crippen LogP contribution is -2.25. The van der Waals surface area contributed by atoms with E-state index in [1.807, 2.05) is 0 Å². The van der Waals surface area contributed by atoms with Gasteiger partial charge in [-0.1, -0.05) is 0 Å². The lowest BCUT2D eigenvalue weighted by molar-refractivity contribution is 0.417. The molecule has 0 amide bonds. The maximum Gasteiger partial charge on any atom is 0.142 e. The second kappa shape index (κ2) is 4.48. The number of nitrogens with zero attached hydrogens (tertiary/aromatic N) is 2. The van der Waals surface area contributed by atoms with Crippen molar-refractivity contribution in [1.29, 1.82) is 0 Å². The van der Waals surface area contributed by atoms with Crippen LogP contribution in [-0.4, -0.2) is 9.55 Å². The third kappa shape index (κ3) is 1.87. The summed E-state index contributed by atoms with van der Waals surface area (Å²) in [5.41, 5.74) is 8.18. The van der Waals surface area contributed by atoms with E-state index in [1.165, 1.54) is 12.1 Å². The van der Waals surface area contributed by atoms with Gasteiger partial charge in [0, 0.05) is 5.56 Å². The van der Waals surface area contributed by atoms with E-state index in [0.29, 0.717) is 0 Å². The van der Waals surface area contributed by atoms with E-state index < -0.39 is 0 Å². The average Bonchev–Trinajstić information content (AvgIpc) is 2.70. The Hall–Kier alpha value is -1.20. The molecule has 0 aliphatic carbocycles. The molecule has 2 heterocycles. The molecule has 1 aliphatic rings. The summed E-state index contributed by atoms with van der Waals surface area (Å²) in [4.78, 5) is 4.52. The molecule has 2 N–H and O–H groups in total. The Balaban J connectivity index is 2.15. The minimum Gasteiger partial charge on any atom is -0.311 e. The number of nitrogens with two attached hydrogens (primary N) is 1. The molecule has 1 atom stereocenters. The number of halogens is 2. The number of aromatic nitrogens is 2. The van der Waals surface area contributed by atoms with Crippen LogP contribution in [0.5, 0.6) is 0 Å². The van der Waals surface area contributed by atoms with Gasteiger partial charge < -0.3 is 10.3 Å². The van der Waals surface area contributed by atoms with Crippen molar-refractivity contribution in [2.75, 3.05) is 0 Å². The summed E-state index contributed by atoms with van der Waals surface area (Å²) in [7, 11) is 0. The fourth-order valence-electron chi connectivity index (χ4n) is 2.43. The fourth-order valence-corrected chi connectivity index (χ4v) is 2.99. The molecule has 0 bridgehead atoms. The first-order valence-corrected chi connectivity index (χ1v) is 6.74. The standard InChI is InChI=1S/C13H13BrFN3/c14-12-10-2-1-3-11(16)18(10)13(17-12)8-4-6-9(15)7-5-8/h4-7,11H,1-3,16H2. The molecule has 2 aromatic rings. The molecule has 1 unspecified atom stereocenters. The highest BCUT2D eigenvalue weighted by atomic mass is 79.9. The van der Waals surface area contributed by atoms with Crippen LogP contribution in [0.4, 0.5) is 4.39 Å². The smallest absolute Gasteiger partial charge is 0.142 e. The number of imidazole rings is 1. The van der Waals surface area contributed by atoms with Crippen molar-refractivity contribution in [2.24, 2.45) is 5.73 Å². The van der Waals surface area contributed by atoms with E-state index in [9.17, 15) is 4.39 Å². The van der Waals surface area contributed by atoms with Crippen LogP contribution in [0.2, 0.25) is 0 Å². The zero-order valence-corrected chi connectivity index (χ0v) is 11.3. The average molecular weight is 310 g/mol. The SMILES string of the molecule is NC1CCCc2c(Br)nc(-c3ccc(F)cc3)n21. The fraction of sp³-hybridized carbons (Fsp3) is 0.308. The highest BCUT2D eigenvalue weighted by molar-refractivity contribution is 9.10. The molecule has 0 spiro atoms. The van der Waals surface area contributed by atoms with Gasteiger partial charge in [0.25, 0.3) is 0 Å². The number of hydrogen-bond acceptors (Lipinski definition) is 2. The van der Waals surface area contributed by atoms with E-state index in [4.69, 9.17) is 5.73 Å². The van der Waals surface area contributed by atoms with E-state index in [2.05, 4.69) is 25.5 Å². The molecule has 3 rings (SSSR count).